The van der Waals surface area contributed by atoms with Crippen molar-refractivity contribution in [2.45, 2.75) is 31.3 Å². The number of nitrogens with one attached hydrogen (secondary N) is 1. The molecule has 0 bridgehead atoms. The molecule has 27 heavy (non-hydrogen) atoms. The van der Waals surface area contributed by atoms with Crippen LogP contribution in [0.15, 0.2) is 60.0 Å². The number of hydrogen-bond acceptors (Lipinski definition) is 5. The number of likely N-dealkylation sites (tertiary alicyclic amines) is 1. The fourth-order valence-electron chi connectivity index (χ4n) is 3.82. The molecule has 0 radical (unpaired) electrons. The maximum atomic E-state index is 12.5. The van der Waals surface area contributed by atoms with Crippen molar-refractivity contribution in [3.8, 4) is 0 Å². The lowest BCUT2D eigenvalue weighted by Crippen LogP contribution is -2.49. The lowest BCUT2D eigenvalue weighted by Gasteiger charge is -2.38. The number of oxime groups is 1. The number of carbonyl (C=O) groups is 1. The summed E-state index contributed by atoms with van der Waals surface area (Å²) in [5.41, 5.74) is 2.11. The van der Waals surface area contributed by atoms with Crippen molar-refractivity contribution >= 4 is 17.3 Å². The minimum absolute atomic E-state index is 0.207. The summed E-state index contributed by atoms with van der Waals surface area (Å²) in [6.07, 6.45) is 6.86. The number of benzene rings is 1. The molecule has 1 amide bonds. The Balaban J connectivity index is 1.32. The van der Waals surface area contributed by atoms with Crippen LogP contribution in [0.2, 0.25) is 0 Å². The number of hydrogen-bond donors (Lipinski definition) is 1. The second-order valence-corrected chi connectivity index (χ2v) is 7.30. The van der Waals surface area contributed by atoms with E-state index in [1.165, 1.54) is 5.56 Å². The SMILES string of the molecule is O=C(Nc1cccnc1)C1=NOC2(CCCN(CCc3ccccc3)C2)C1. The van der Waals surface area contributed by atoms with Gasteiger partial charge in [-0.1, -0.05) is 35.5 Å². The Bertz CT molecular complexity index is 809. The molecule has 140 valence electrons. The molecule has 1 fully saturated rings. The van der Waals surface area contributed by atoms with Gasteiger partial charge >= 0.3 is 0 Å². The third-order valence-electron chi connectivity index (χ3n) is 5.20. The minimum Gasteiger partial charge on any atom is -0.387 e. The molecule has 1 aromatic carbocycles. The zero-order valence-electron chi connectivity index (χ0n) is 15.3. The summed E-state index contributed by atoms with van der Waals surface area (Å²) < 4.78 is 0. The van der Waals surface area contributed by atoms with Crippen molar-refractivity contribution in [2.24, 2.45) is 5.16 Å². The average molecular weight is 364 g/mol. The fraction of sp³-hybridized carbons (Fsp3) is 0.381. The smallest absolute Gasteiger partial charge is 0.273 e. The minimum atomic E-state index is -0.365. The molecule has 1 atom stereocenters. The molecule has 2 aliphatic rings. The lowest BCUT2D eigenvalue weighted by molar-refractivity contribution is -0.110. The van der Waals surface area contributed by atoms with E-state index in [0.29, 0.717) is 17.8 Å². The predicted molar refractivity (Wildman–Crippen MR) is 105 cm³/mol. The number of piperidine rings is 1. The molecular weight excluding hydrogens is 340 g/mol. The second kappa shape index (κ2) is 7.88. The highest BCUT2D eigenvalue weighted by molar-refractivity contribution is 6.43. The van der Waals surface area contributed by atoms with Crippen molar-refractivity contribution in [2.75, 3.05) is 25.0 Å². The first-order valence-corrected chi connectivity index (χ1v) is 9.45. The van der Waals surface area contributed by atoms with Gasteiger partial charge in [0.2, 0.25) is 0 Å². The third-order valence-corrected chi connectivity index (χ3v) is 5.20. The summed E-state index contributed by atoms with van der Waals surface area (Å²) in [5, 5.41) is 6.96. The lowest BCUT2D eigenvalue weighted by atomic mass is 9.88. The van der Waals surface area contributed by atoms with E-state index in [2.05, 4.69) is 44.6 Å². The van der Waals surface area contributed by atoms with Crippen LogP contribution >= 0.6 is 0 Å². The molecule has 6 nitrogen and oxygen atoms in total. The standard InChI is InChI=1S/C21H24N4O2/c26-20(23-18-8-4-11-22-15-18)19-14-21(27-24-19)10-5-12-25(16-21)13-9-17-6-2-1-3-7-17/h1-4,6-8,11,15H,5,9-10,12-14,16H2,(H,23,26). The summed E-state index contributed by atoms with van der Waals surface area (Å²) >= 11 is 0. The predicted octanol–water partition coefficient (Wildman–Crippen LogP) is 2.87. The average Bonchev–Trinajstić information content (AvgIpc) is 3.11. The second-order valence-electron chi connectivity index (χ2n) is 7.30. The molecule has 1 unspecified atom stereocenters. The van der Waals surface area contributed by atoms with Crippen LogP contribution in [0.4, 0.5) is 5.69 Å². The number of anilines is 1. The quantitative estimate of drug-likeness (QED) is 0.886. The molecule has 2 aromatic rings. The van der Waals surface area contributed by atoms with Gasteiger partial charge in [-0.15, -0.1) is 0 Å². The first-order valence-electron chi connectivity index (χ1n) is 9.45. The van der Waals surface area contributed by atoms with Gasteiger partial charge in [0.1, 0.15) is 5.71 Å². The molecule has 4 rings (SSSR count). The van der Waals surface area contributed by atoms with Crippen LogP contribution in [0.25, 0.3) is 0 Å². The summed E-state index contributed by atoms with van der Waals surface area (Å²) in [7, 11) is 0. The molecule has 1 N–H and O–H groups in total. The van der Waals surface area contributed by atoms with E-state index in [9.17, 15) is 4.79 Å². The van der Waals surface area contributed by atoms with E-state index in [0.717, 1.165) is 38.9 Å². The van der Waals surface area contributed by atoms with Gasteiger partial charge in [-0.2, -0.15) is 0 Å². The van der Waals surface area contributed by atoms with Crippen molar-refractivity contribution in [1.82, 2.24) is 9.88 Å². The Morgan fingerprint density at radius 2 is 2.11 bits per heavy atom. The van der Waals surface area contributed by atoms with E-state index >= 15 is 0 Å². The first kappa shape index (κ1) is 17.7. The first-order chi connectivity index (χ1) is 13.2. The Labute approximate surface area is 159 Å². The summed E-state index contributed by atoms with van der Waals surface area (Å²) in [5.74, 6) is -0.207. The molecule has 2 aliphatic heterocycles. The molecule has 3 heterocycles. The van der Waals surface area contributed by atoms with Crippen LogP contribution in [0, 0.1) is 0 Å². The van der Waals surface area contributed by atoms with Crippen molar-refractivity contribution < 1.29 is 9.63 Å². The Hall–Kier alpha value is -2.73. The van der Waals surface area contributed by atoms with Gasteiger partial charge in [0.15, 0.2) is 5.60 Å². The topological polar surface area (TPSA) is 66.8 Å². The highest BCUT2D eigenvalue weighted by atomic mass is 16.7. The number of carbonyl (C=O) groups excluding carboxylic acids is 1. The highest BCUT2D eigenvalue weighted by Gasteiger charge is 2.44. The van der Waals surface area contributed by atoms with E-state index < -0.39 is 0 Å². The molecule has 1 aromatic heterocycles. The number of rotatable bonds is 5. The zero-order valence-corrected chi connectivity index (χ0v) is 15.3. The molecule has 6 heteroatoms. The Morgan fingerprint density at radius 3 is 2.93 bits per heavy atom. The van der Waals surface area contributed by atoms with Crippen molar-refractivity contribution in [3.63, 3.8) is 0 Å². The zero-order chi connectivity index (χ0) is 18.5. The number of nitrogens with zero attached hydrogens (tertiary/aromatic N) is 3. The number of aromatic nitrogens is 1. The van der Waals surface area contributed by atoms with Crippen molar-refractivity contribution in [3.05, 3.63) is 60.4 Å². The van der Waals surface area contributed by atoms with Gasteiger partial charge in [0.05, 0.1) is 11.9 Å². The molecule has 1 spiro atoms. The molecular formula is C21H24N4O2. The van der Waals surface area contributed by atoms with Crippen LogP contribution in [0.1, 0.15) is 24.8 Å². The fourth-order valence-corrected chi connectivity index (χ4v) is 3.82. The maximum Gasteiger partial charge on any atom is 0.273 e. The summed E-state index contributed by atoms with van der Waals surface area (Å²) in [6, 6.07) is 14.1. The van der Waals surface area contributed by atoms with E-state index in [1.54, 1.807) is 18.5 Å². The van der Waals surface area contributed by atoms with Gasteiger partial charge < -0.3 is 10.2 Å². The van der Waals surface area contributed by atoms with Crippen molar-refractivity contribution in [1.29, 1.82) is 0 Å². The van der Waals surface area contributed by atoms with Gasteiger partial charge in [-0.05, 0) is 43.5 Å². The van der Waals surface area contributed by atoms with E-state index in [4.69, 9.17) is 4.84 Å². The largest absolute Gasteiger partial charge is 0.387 e. The van der Waals surface area contributed by atoms with Crippen LogP contribution < -0.4 is 5.32 Å². The Morgan fingerprint density at radius 1 is 1.22 bits per heavy atom. The van der Waals surface area contributed by atoms with Gasteiger partial charge in [0, 0.05) is 25.7 Å². The summed E-state index contributed by atoms with van der Waals surface area (Å²) in [4.78, 5) is 24.7. The number of amides is 1. The van der Waals surface area contributed by atoms with Crippen LogP contribution in [-0.2, 0) is 16.1 Å². The maximum absolute atomic E-state index is 12.5. The van der Waals surface area contributed by atoms with E-state index in [-0.39, 0.29) is 11.5 Å². The van der Waals surface area contributed by atoms with Crippen LogP contribution in [-0.4, -0.2) is 46.7 Å². The Kier molecular flexibility index (Phi) is 5.16. The third kappa shape index (κ3) is 4.34. The molecule has 1 saturated heterocycles. The summed E-state index contributed by atoms with van der Waals surface area (Å²) in [6.45, 7) is 2.87. The van der Waals surface area contributed by atoms with E-state index in [1.807, 2.05) is 12.1 Å². The van der Waals surface area contributed by atoms with Gasteiger partial charge in [-0.3, -0.25) is 14.7 Å². The van der Waals surface area contributed by atoms with Crippen LogP contribution in [0.3, 0.4) is 0 Å². The van der Waals surface area contributed by atoms with Crippen LogP contribution in [0.5, 0.6) is 0 Å². The van der Waals surface area contributed by atoms with Gasteiger partial charge in [-0.25, -0.2) is 0 Å². The molecule has 0 saturated carbocycles. The molecule has 0 aliphatic carbocycles. The monoisotopic (exact) mass is 364 g/mol. The highest BCUT2D eigenvalue weighted by Crippen LogP contribution is 2.33. The van der Waals surface area contributed by atoms with Gasteiger partial charge in [0.25, 0.3) is 5.91 Å². The number of pyridine rings is 1. The normalized spacial score (nSPS) is 22.3.